The van der Waals surface area contributed by atoms with E-state index in [1.807, 2.05) is 72.8 Å². The van der Waals surface area contributed by atoms with Crippen LogP contribution < -0.4 is 10.1 Å². The number of likely N-dealkylation sites (N-methyl/N-ethyl adjacent to an activating group) is 1. The van der Waals surface area contributed by atoms with Gasteiger partial charge in [0, 0.05) is 25.0 Å². The number of para-hydroxylation sites is 1. The summed E-state index contributed by atoms with van der Waals surface area (Å²) in [6, 6.07) is 24.0. The molecule has 1 atom stereocenters. The van der Waals surface area contributed by atoms with E-state index < -0.39 is 6.04 Å². The maximum absolute atomic E-state index is 13.5. The molecule has 5 nitrogen and oxygen atoms in total. The second kappa shape index (κ2) is 12.2. The largest absolute Gasteiger partial charge is 0.483 e. The summed E-state index contributed by atoms with van der Waals surface area (Å²) in [6.45, 7) is 4.17. The number of rotatable bonds is 10. The van der Waals surface area contributed by atoms with E-state index in [1.165, 1.54) is 0 Å². The highest BCUT2D eigenvalue weighted by Crippen LogP contribution is 2.26. The van der Waals surface area contributed by atoms with Crippen molar-refractivity contribution in [2.45, 2.75) is 38.8 Å². The van der Waals surface area contributed by atoms with Gasteiger partial charge in [-0.05, 0) is 34.7 Å². The zero-order valence-corrected chi connectivity index (χ0v) is 20.6. The number of benzene rings is 3. The molecule has 0 aromatic heterocycles. The summed E-state index contributed by atoms with van der Waals surface area (Å²) in [4.78, 5) is 28.1. The minimum Gasteiger partial charge on any atom is -0.483 e. The molecule has 0 spiro atoms. The molecule has 0 heterocycles. The molecule has 3 aromatic carbocycles. The lowest BCUT2D eigenvalue weighted by Gasteiger charge is -2.31. The first kappa shape index (κ1) is 25.3. The molecule has 34 heavy (non-hydrogen) atoms. The molecule has 6 heteroatoms. The fourth-order valence-electron chi connectivity index (χ4n) is 3.84. The second-order valence-electron chi connectivity index (χ2n) is 8.41. The lowest BCUT2D eigenvalue weighted by Crippen LogP contribution is -2.51. The van der Waals surface area contributed by atoms with E-state index in [1.54, 1.807) is 18.0 Å². The SMILES string of the molecule is CNC(=O)[C@@H](Cc1ccccc1)N(Cc1ccccc1Cl)C(=O)COc1ccccc1C(C)C. The average Bonchev–Trinajstić information content (AvgIpc) is 2.86. The zero-order valence-electron chi connectivity index (χ0n) is 19.8. The number of nitrogens with zero attached hydrogens (tertiary/aromatic N) is 1. The molecule has 0 fully saturated rings. The van der Waals surface area contributed by atoms with E-state index in [0.717, 1.165) is 16.7 Å². The highest BCUT2D eigenvalue weighted by atomic mass is 35.5. The van der Waals surface area contributed by atoms with Crippen molar-refractivity contribution in [1.29, 1.82) is 0 Å². The van der Waals surface area contributed by atoms with Crippen LogP contribution in [0.3, 0.4) is 0 Å². The first-order valence-electron chi connectivity index (χ1n) is 11.4. The van der Waals surface area contributed by atoms with Gasteiger partial charge in [0.2, 0.25) is 5.91 Å². The van der Waals surface area contributed by atoms with E-state index in [0.29, 0.717) is 17.2 Å². The van der Waals surface area contributed by atoms with Crippen molar-refractivity contribution >= 4 is 23.4 Å². The Kier molecular flexibility index (Phi) is 9.11. The van der Waals surface area contributed by atoms with Crippen LogP contribution in [0, 0.1) is 0 Å². The van der Waals surface area contributed by atoms with Crippen LogP contribution in [0.25, 0.3) is 0 Å². The number of ether oxygens (including phenoxy) is 1. The third-order valence-electron chi connectivity index (χ3n) is 5.71. The average molecular weight is 479 g/mol. The summed E-state index contributed by atoms with van der Waals surface area (Å²) in [5.74, 6) is 0.389. The molecule has 0 saturated carbocycles. The summed E-state index contributed by atoms with van der Waals surface area (Å²) in [7, 11) is 1.58. The van der Waals surface area contributed by atoms with Gasteiger partial charge >= 0.3 is 0 Å². The van der Waals surface area contributed by atoms with Crippen molar-refractivity contribution in [2.24, 2.45) is 0 Å². The quantitative estimate of drug-likeness (QED) is 0.434. The monoisotopic (exact) mass is 478 g/mol. The molecule has 0 radical (unpaired) electrons. The Balaban J connectivity index is 1.90. The third kappa shape index (κ3) is 6.61. The minimum absolute atomic E-state index is 0.184. The Bertz CT molecular complexity index is 1100. The number of hydrogen-bond acceptors (Lipinski definition) is 3. The lowest BCUT2D eigenvalue weighted by atomic mass is 10.0. The summed E-state index contributed by atoms with van der Waals surface area (Å²) >= 11 is 6.41. The Morgan fingerprint density at radius 3 is 2.26 bits per heavy atom. The molecule has 2 amide bonds. The predicted molar refractivity (Wildman–Crippen MR) is 136 cm³/mol. The van der Waals surface area contributed by atoms with E-state index in [-0.39, 0.29) is 30.9 Å². The molecule has 1 N–H and O–H groups in total. The van der Waals surface area contributed by atoms with Crippen LogP contribution in [-0.4, -0.2) is 36.4 Å². The molecule has 0 aliphatic carbocycles. The van der Waals surface area contributed by atoms with Crippen LogP contribution in [0.15, 0.2) is 78.9 Å². The number of carbonyl (C=O) groups is 2. The van der Waals surface area contributed by atoms with Crippen molar-refractivity contribution in [3.05, 3.63) is 101 Å². The Labute approximate surface area is 206 Å². The van der Waals surface area contributed by atoms with Gasteiger partial charge in [0.05, 0.1) is 0 Å². The molecule has 3 rings (SSSR count). The summed E-state index contributed by atoms with van der Waals surface area (Å²) in [5.41, 5.74) is 2.75. The molecule has 3 aromatic rings. The fourth-order valence-corrected chi connectivity index (χ4v) is 4.04. The summed E-state index contributed by atoms with van der Waals surface area (Å²) in [5, 5.41) is 3.26. The van der Waals surface area contributed by atoms with Crippen molar-refractivity contribution < 1.29 is 14.3 Å². The van der Waals surface area contributed by atoms with E-state index in [2.05, 4.69) is 19.2 Å². The normalized spacial score (nSPS) is 11.7. The van der Waals surface area contributed by atoms with Gasteiger partial charge < -0.3 is 15.0 Å². The van der Waals surface area contributed by atoms with Crippen LogP contribution in [0.4, 0.5) is 0 Å². The first-order chi connectivity index (χ1) is 16.4. The van der Waals surface area contributed by atoms with Crippen molar-refractivity contribution in [2.75, 3.05) is 13.7 Å². The highest BCUT2D eigenvalue weighted by Gasteiger charge is 2.30. The van der Waals surface area contributed by atoms with Crippen LogP contribution >= 0.6 is 11.6 Å². The fraction of sp³-hybridized carbons (Fsp3) is 0.286. The summed E-state index contributed by atoms with van der Waals surface area (Å²) in [6.07, 6.45) is 0.374. The molecule has 0 aliphatic rings. The highest BCUT2D eigenvalue weighted by molar-refractivity contribution is 6.31. The van der Waals surface area contributed by atoms with Gasteiger partial charge in [0.25, 0.3) is 5.91 Å². The van der Waals surface area contributed by atoms with Crippen molar-refractivity contribution in [1.82, 2.24) is 10.2 Å². The molecular weight excluding hydrogens is 448 g/mol. The van der Waals surface area contributed by atoms with Crippen LogP contribution in [0.2, 0.25) is 5.02 Å². The lowest BCUT2D eigenvalue weighted by molar-refractivity contribution is -0.142. The Morgan fingerprint density at radius 1 is 0.941 bits per heavy atom. The van der Waals surface area contributed by atoms with Gasteiger partial charge in [-0.15, -0.1) is 0 Å². The zero-order chi connectivity index (χ0) is 24.5. The van der Waals surface area contributed by atoms with Gasteiger partial charge in [-0.2, -0.15) is 0 Å². The number of hydrogen-bond donors (Lipinski definition) is 1. The Morgan fingerprint density at radius 2 is 1.59 bits per heavy atom. The van der Waals surface area contributed by atoms with Crippen LogP contribution in [0.5, 0.6) is 5.75 Å². The van der Waals surface area contributed by atoms with Gasteiger partial charge in [-0.25, -0.2) is 0 Å². The Hall–Kier alpha value is -3.31. The molecule has 0 unspecified atom stereocenters. The number of amides is 2. The van der Waals surface area contributed by atoms with Gasteiger partial charge in [-0.3, -0.25) is 9.59 Å². The standard InChI is InChI=1S/C28H31ClN2O3/c1-20(2)23-14-8-10-16-26(23)34-19-27(32)31(18-22-13-7-9-15-24(22)29)25(28(33)30-3)17-21-11-5-4-6-12-21/h4-16,20,25H,17-19H2,1-3H3,(H,30,33)/t25-/m1/s1. The van der Waals surface area contributed by atoms with Crippen LogP contribution in [-0.2, 0) is 22.6 Å². The van der Waals surface area contributed by atoms with Crippen molar-refractivity contribution in [3.8, 4) is 5.75 Å². The van der Waals surface area contributed by atoms with E-state index >= 15 is 0 Å². The number of halogens is 1. The molecule has 178 valence electrons. The van der Waals surface area contributed by atoms with Crippen LogP contribution in [0.1, 0.15) is 36.5 Å². The predicted octanol–water partition coefficient (Wildman–Crippen LogP) is 5.23. The van der Waals surface area contributed by atoms with Gasteiger partial charge in [0.1, 0.15) is 11.8 Å². The maximum atomic E-state index is 13.5. The van der Waals surface area contributed by atoms with E-state index in [4.69, 9.17) is 16.3 Å². The third-order valence-corrected chi connectivity index (χ3v) is 6.08. The molecule has 0 bridgehead atoms. The minimum atomic E-state index is -0.722. The maximum Gasteiger partial charge on any atom is 0.261 e. The van der Waals surface area contributed by atoms with Crippen molar-refractivity contribution in [3.63, 3.8) is 0 Å². The first-order valence-corrected chi connectivity index (χ1v) is 11.8. The topological polar surface area (TPSA) is 58.6 Å². The molecule has 0 aliphatic heterocycles. The van der Waals surface area contributed by atoms with Gasteiger partial charge in [0.15, 0.2) is 6.61 Å². The summed E-state index contributed by atoms with van der Waals surface area (Å²) < 4.78 is 5.97. The number of carbonyl (C=O) groups excluding carboxylic acids is 2. The number of nitrogens with one attached hydrogen (secondary N) is 1. The van der Waals surface area contributed by atoms with E-state index in [9.17, 15) is 9.59 Å². The molecular formula is C28H31ClN2O3. The van der Waals surface area contributed by atoms with Gasteiger partial charge in [-0.1, -0.05) is 92.2 Å². The smallest absolute Gasteiger partial charge is 0.261 e. The second-order valence-corrected chi connectivity index (χ2v) is 8.82. The molecule has 0 saturated heterocycles.